The molecule has 2 bridgehead atoms. The highest BCUT2D eigenvalue weighted by molar-refractivity contribution is 6.32. The van der Waals surface area contributed by atoms with Crippen molar-refractivity contribution in [3.63, 3.8) is 0 Å². The number of allylic oxidation sites excluding steroid dienone is 1. The van der Waals surface area contributed by atoms with E-state index in [4.69, 9.17) is 36.5 Å². The van der Waals surface area contributed by atoms with Gasteiger partial charge in [0.25, 0.3) is 0 Å². The van der Waals surface area contributed by atoms with Crippen molar-refractivity contribution in [1.29, 1.82) is 0 Å². The maximum atomic E-state index is 6.27. The van der Waals surface area contributed by atoms with Crippen LogP contribution in [0, 0.1) is 0 Å². The van der Waals surface area contributed by atoms with E-state index < -0.39 is 5.79 Å². The highest BCUT2D eigenvalue weighted by atomic mass is 35.5. The number of fused-ring (bicyclic) bond motifs is 2. The molecule has 1 aromatic rings. The fraction of sp³-hybridized carbons (Fsp3) is 0.650. The third-order valence-corrected chi connectivity index (χ3v) is 5.96. The number of aromatic nitrogens is 2. The van der Waals surface area contributed by atoms with E-state index in [9.17, 15) is 0 Å². The van der Waals surface area contributed by atoms with Crippen LogP contribution in [-0.4, -0.2) is 53.4 Å². The average Bonchev–Trinajstić information content (AvgIpc) is 3.17. The molecular formula is C20H29ClN6O3. The normalized spacial score (nSPS) is 25.3. The Labute approximate surface area is 181 Å². The molecule has 1 spiro atoms. The lowest BCUT2D eigenvalue weighted by molar-refractivity contribution is -0.178. The highest BCUT2D eigenvalue weighted by Crippen LogP contribution is 2.37. The lowest BCUT2D eigenvalue weighted by atomic mass is 9.90. The van der Waals surface area contributed by atoms with Crippen LogP contribution in [0.25, 0.3) is 0 Å². The van der Waals surface area contributed by atoms with Crippen molar-refractivity contribution in [2.45, 2.75) is 63.8 Å². The Balaban J connectivity index is 1.54. The molecule has 164 valence electrons. The summed E-state index contributed by atoms with van der Waals surface area (Å²) < 4.78 is 17.4. The molecule has 4 N–H and O–H groups in total. The Morgan fingerprint density at radius 3 is 2.70 bits per heavy atom. The summed E-state index contributed by atoms with van der Waals surface area (Å²) in [5, 5.41) is 6.92. The second-order valence-corrected chi connectivity index (χ2v) is 8.40. The number of nitrogens with one attached hydrogen (secondary N) is 2. The number of hydrogen-bond acceptors (Lipinski definition) is 9. The number of ether oxygens (including phenoxy) is 3. The monoisotopic (exact) mass is 436 g/mol. The first-order chi connectivity index (χ1) is 14.4. The molecule has 1 atom stereocenters. The van der Waals surface area contributed by atoms with Gasteiger partial charge in [0.1, 0.15) is 10.7 Å². The van der Waals surface area contributed by atoms with Crippen LogP contribution < -0.4 is 16.4 Å². The molecule has 9 nitrogen and oxygen atoms in total. The summed E-state index contributed by atoms with van der Waals surface area (Å²) in [5.41, 5.74) is 7.60. The lowest BCUT2D eigenvalue weighted by Crippen LogP contribution is -2.36. The van der Waals surface area contributed by atoms with Gasteiger partial charge >= 0.3 is 0 Å². The Morgan fingerprint density at radius 1 is 1.23 bits per heavy atom. The molecule has 2 fully saturated rings. The number of halogens is 1. The average molecular weight is 437 g/mol. The van der Waals surface area contributed by atoms with E-state index in [1.807, 2.05) is 13.8 Å². The summed E-state index contributed by atoms with van der Waals surface area (Å²) >= 11 is 6.24. The number of hydrogen-bond donors (Lipinski definition) is 3. The maximum Gasteiger partial charge on any atom is 0.229 e. The fourth-order valence-electron chi connectivity index (χ4n) is 3.99. The van der Waals surface area contributed by atoms with Crippen LogP contribution >= 0.6 is 11.6 Å². The van der Waals surface area contributed by atoms with Gasteiger partial charge in [-0.15, -0.1) is 0 Å². The van der Waals surface area contributed by atoms with Gasteiger partial charge in [-0.1, -0.05) is 11.6 Å². The molecule has 1 aromatic heterocycles. The first-order valence-electron chi connectivity index (χ1n) is 10.5. The Hall–Kier alpha value is -2.10. The second kappa shape index (κ2) is 8.95. The highest BCUT2D eigenvalue weighted by Gasteiger charge is 2.40. The Morgan fingerprint density at radius 2 is 1.97 bits per heavy atom. The fourth-order valence-corrected chi connectivity index (χ4v) is 4.14. The number of rotatable bonds is 2. The number of nitrogens with two attached hydrogens (primary N) is 1. The standard InChI is InChI=1S/C20H29ClN6O3/c1-12-5-8-28-17(22)16(26-19-23-11-15(21)18(24-12)27-19)13(2)25-14-3-6-20(7-4-14)29-9-10-30-20/h11-12,14H,3-10,22H2,1-2H3,(H2,23,24,26,27). The smallest absolute Gasteiger partial charge is 0.229 e. The minimum Gasteiger partial charge on any atom is -0.478 e. The summed E-state index contributed by atoms with van der Waals surface area (Å²) in [6, 6.07) is 0.288. The van der Waals surface area contributed by atoms with Crippen LogP contribution in [0.1, 0.15) is 46.0 Å². The van der Waals surface area contributed by atoms with Crippen molar-refractivity contribution < 1.29 is 14.2 Å². The molecule has 1 aliphatic carbocycles. The molecule has 1 unspecified atom stereocenters. The van der Waals surface area contributed by atoms with E-state index in [-0.39, 0.29) is 18.0 Å². The third-order valence-electron chi connectivity index (χ3n) is 5.69. The third kappa shape index (κ3) is 4.79. The van der Waals surface area contributed by atoms with Gasteiger partial charge in [-0.05, 0) is 26.7 Å². The maximum absolute atomic E-state index is 6.27. The lowest BCUT2D eigenvalue weighted by Gasteiger charge is -2.34. The van der Waals surface area contributed by atoms with Crippen molar-refractivity contribution in [2.24, 2.45) is 10.7 Å². The molecule has 3 aliphatic rings. The number of aliphatic imine (C=N–C) groups is 1. The zero-order valence-electron chi connectivity index (χ0n) is 17.4. The van der Waals surface area contributed by atoms with Crippen molar-refractivity contribution in [2.75, 3.05) is 30.5 Å². The van der Waals surface area contributed by atoms with E-state index in [1.54, 1.807) is 6.20 Å². The van der Waals surface area contributed by atoms with Crippen LogP contribution in [0.4, 0.5) is 11.8 Å². The summed E-state index contributed by atoms with van der Waals surface area (Å²) in [6.07, 6.45) is 5.79. The van der Waals surface area contributed by atoms with E-state index in [0.717, 1.165) is 37.8 Å². The molecule has 0 aromatic carbocycles. The van der Waals surface area contributed by atoms with Crippen molar-refractivity contribution in [1.82, 2.24) is 9.97 Å². The predicted molar refractivity (Wildman–Crippen MR) is 116 cm³/mol. The van der Waals surface area contributed by atoms with E-state index in [0.29, 0.717) is 42.3 Å². The predicted octanol–water partition coefficient (Wildman–Crippen LogP) is 3.04. The zero-order valence-corrected chi connectivity index (χ0v) is 18.2. The first-order valence-corrected chi connectivity index (χ1v) is 10.8. The summed E-state index contributed by atoms with van der Waals surface area (Å²) in [7, 11) is 0. The number of anilines is 2. The summed E-state index contributed by atoms with van der Waals surface area (Å²) in [4.78, 5) is 13.7. The van der Waals surface area contributed by atoms with Crippen LogP contribution in [0.2, 0.25) is 5.02 Å². The van der Waals surface area contributed by atoms with Crippen LogP contribution in [-0.2, 0) is 14.2 Å². The van der Waals surface area contributed by atoms with Gasteiger partial charge < -0.3 is 30.6 Å². The molecule has 0 amide bonds. The topological polar surface area (TPSA) is 116 Å². The number of nitrogens with zero attached hydrogens (tertiary/aromatic N) is 3. The minimum atomic E-state index is -0.397. The Kier molecular flexibility index (Phi) is 6.31. The molecule has 1 saturated heterocycles. The van der Waals surface area contributed by atoms with Crippen molar-refractivity contribution in [3.05, 3.63) is 22.8 Å². The van der Waals surface area contributed by atoms with Gasteiger partial charge in [0.2, 0.25) is 11.8 Å². The SMILES string of the molecule is CC(=NC1CCC2(CC1)OCCO2)C1=C(N)OCCC(C)Nc2nc(ncc2Cl)N1. The summed E-state index contributed by atoms with van der Waals surface area (Å²) in [6.45, 7) is 5.76. The van der Waals surface area contributed by atoms with Crippen molar-refractivity contribution >= 4 is 29.1 Å². The van der Waals surface area contributed by atoms with Crippen molar-refractivity contribution in [3.8, 4) is 0 Å². The molecule has 1 saturated carbocycles. The van der Waals surface area contributed by atoms with Gasteiger partial charge in [-0.2, -0.15) is 4.98 Å². The largest absolute Gasteiger partial charge is 0.478 e. The molecule has 30 heavy (non-hydrogen) atoms. The first kappa shape index (κ1) is 21.1. The molecule has 3 heterocycles. The molecule has 10 heteroatoms. The zero-order chi connectivity index (χ0) is 21.1. The van der Waals surface area contributed by atoms with Gasteiger partial charge in [0.15, 0.2) is 11.6 Å². The molecule has 0 radical (unpaired) electrons. The van der Waals surface area contributed by atoms with E-state index in [1.165, 1.54) is 0 Å². The van der Waals surface area contributed by atoms with Gasteiger partial charge in [-0.3, -0.25) is 4.99 Å². The summed E-state index contributed by atoms with van der Waals surface area (Å²) in [5.74, 6) is 0.832. The van der Waals surface area contributed by atoms with Gasteiger partial charge in [0.05, 0.1) is 37.8 Å². The minimum absolute atomic E-state index is 0.115. The van der Waals surface area contributed by atoms with Gasteiger partial charge in [0, 0.05) is 25.3 Å². The Bertz CT molecular complexity index is 830. The molecule has 2 aliphatic heterocycles. The van der Waals surface area contributed by atoms with Gasteiger partial charge in [-0.25, -0.2) is 4.98 Å². The molecular weight excluding hydrogens is 408 g/mol. The van der Waals surface area contributed by atoms with Crippen LogP contribution in [0.15, 0.2) is 22.8 Å². The van der Waals surface area contributed by atoms with E-state index >= 15 is 0 Å². The second-order valence-electron chi connectivity index (χ2n) is 7.99. The molecule has 4 rings (SSSR count). The van der Waals surface area contributed by atoms with E-state index in [2.05, 4.69) is 20.6 Å². The van der Waals surface area contributed by atoms with Crippen LogP contribution in [0.5, 0.6) is 0 Å². The van der Waals surface area contributed by atoms with Crippen LogP contribution in [0.3, 0.4) is 0 Å². The quantitative estimate of drug-likeness (QED) is 0.606.